The predicted molar refractivity (Wildman–Crippen MR) is 64.2 cm³/mol. The van der Waals surface area contributed by atoms with E-state index in [9.17, 15) is 0 Å². The van der Waals surface area contributed by atoms with Gasteiger partial charge in [0.1, 0.15) is 0 Å². The van der Waals surface area contributed by atoms with Crippen molar-refractivity contribution in [1.82, 2.24) is 0 Å². The minimum Gasteiger partial charge on any atom is -0.0654 e. The van der Waals surface area contributed by atoms with Gasteiger partial charge in [-0.1, -0.05) is 79.6 Å². The van der Waals surface area contributed by atoms with E-state index in [0.717, 1.165) is 5.92 Å². The fourth-order valence-corrected chi connectivity index (χ4v) is 0.884. The monoisotopic (exact) mass is 186 g/mol. The molecule has 0 heterocycles. The van der Waals surface area contributed by atoms with E-state index in [1.54, 1.807) is 0 Å². The first-order chi connectivity index (χ1) is 6.15. The van der Waals surface area contributed by atoms with Crippen LogP contribution in [0, 0.1) is 5.92 Å². The van der Waals surface area contributed by atoms with E-state index < -0.39 is 0 Å². The number of rotatable bonds is 1. The Balaban J connectivity index is 0. The van der Waals surface area contributed by atoms with Crippen LogP contribution >= 0.6 is 0 Å². The second kappa shape index (κ2) is 14.5. The molecule has 0 spiro atoms. The van der Waals surface area contributed by atoms with Crippen LogP contribution in [0.3, 0.4) is 0 Å². The largest absolute Gasteiger partial charge is 0.0654 e. The third-order valence-corrected chi connectivity index (χ3v) is 1.75. The summed E-state index contributed by atoms with van der Waals surface area (Å²) >= 11 is 0. The smallest absolute Gasteiger partial charge is 0.0500 e. The summed E-state index contributed by atoms with van der Waals surface area (Å²) in [6.45, 7) is 10.9. The molecular weight excluding hydrogens is 156 g/mol. The summed E-state index contributed by atoms with van der Waals surface area (Å²) in [5.41, 5.74) is 0. The Hall–Kier alpha value is 0. The van der Waals surface area contributed by atoms with Gasteiger partial charge in [-0.2, -0.15) is 0 Å². The standard InChI is InChI=1S/C5H10.2C4H10/c1-2-4-5-3-1;1-4(2)3;1-3-4-2/h1-5H2;4H,1-3H3;3-4H2,1-2H3. The lowest BCUT2D eigenvalue weighted by atomic mass is 10.3. The van der Waals surface area contributed by atoms with Gasteiger partial charge >= 0.3 is 0 Å². The van der Waals surface area contributed by atoms with E-state index in [0.29, 0.717) is 0 Å². The average molecular weight is 186 g/mol. The Morgan fingerprint density at radius 2 is 0.846 bits per heavy atom. The molecule has 1 fully saturated rings. The molecule has 82 valence electrons. The molecule has 0 amide bonds. The number of hydrogen-bond acceptors (Lipinski definition) is 0. The molecule has 13 heavy (non-hydrogen) atoms. The summed E-state index contributed by atoms with van der Waals surface area (Å²) < 4.78 is 0. The molecule has 1 rings (SSSR count). The van der Waals surface area contributed by atoms with Crippen molar-refractivity contribution >= 4 is 0 Å². The van der Waals surface area contributed by atoms with E-state index >= 15 is 0 Å². The van der Waals surface area contributed by atoms with Crippen LogP contribution in [0.2, 0.25) is 0 Å². The van der Waals surface area contributed by atoms with Gasteiger partial charge in [0.05, 0.1) is 0 Å². The van der Waals surface area contributed by atoms with Gasteiger partial charge < -0.3 is 0 Å². The van der Waals surface area contributed by atoms with Gasteiger partial charge in [-0.15, -0.1) is 0 Å². The highest BCUT2D eigenvalue weighted by Crippen LogP contribution is 2.15. The van der Waals surface area contributed by atoms with Crippen LogP contribution in [0.1, 0.15) is 79.6 Å². The average Bonchev–Trinajstić information content (AvgIpc) is 2.59. The van der Waals surface area contributed by atoms with Gasteiger partial charge in [0.15, 0.2) is 0 Å². The Labute approximate surface area is 86.1 Å². The molecule has 0 heteroatoms. The van der Waals surface area contributed by atoms with Gasteiger partial charge in [0, 0.05) is 0 Å². The van der Waals surface area contributed by atoms with Crippen LogP contribution in [0.15, 0.2) is 0 Å². The van der Waals surface area contributed by atoms with Crippen LogP contribution in [0.25, 0.3) is 0 Å². The van der Waals surface area contributed by atoms with Gasteiger partial charge in [0.25, 0.3) is 0 Å². The maximum Gasteiger partial charge on any atom is -0.0500 e. The molecule has 0 saturated heterocycles. The zero-order valence-electron chi connectivity index (χ0n) is 10.5. The molecule has 0 radical (unpaired) electrons. The second-order valence-corrected chi connectivity index (χ2v) is 4.50. The zero-order valence-corrected chi connectivity index (χ0v) is 10.5. The van der Waals surface area contributed by atoms with E-state index in [4.69, 9.17) is 0 Å². The molecule has 0 aromatic heterocycles. The topological polar surface area (TPSA) is 0 Å². The highest BCUT2D eigenvalue weighted by molar-refractivity contribution is 4.51. The fraction of sp³-hybridized carbons (Fsp3) is 1.00. The maximum atomic E-state index is 2.18. The maximum absolute atomic E-state index is 2.18. The van der Waals surface area contributed by atoms with Crippen molar-refractivity contribution in [1.29, 1.82) is 0 Å². The molecule has 0 aromatic rings. The van der Waals surface area contributed by atoms with Crippen LogP contribution in [0.4, 0.5) is 0 Å². The molecule has 0 aromatic carbocycles. The molecule has 0 atom stereocenters. The van der Waals surface area contributed by atoms with E-state index in [1.165, 1.54) is 44.9 Å². The van der Waals surface area contributed by atoms with Crippen molar-refractivity contribution in [3.05, 3.63) is 0 Å². The molecule has 0 nitrogen and oxygen atoms in total. The van der Waals surface area contributed by atoms with Crippen LogP contribution in [-0.2, 0) is 0 Å². The Morgan fingerprint density at radius 1 is 0.692 bits per heavy atom. The molecule has 1 saturated carbocycles. The first kappa shape index (κ1) is 15.5. The molecule has 0 N–H and O–H groups in total. The van der Waals surface area contributed by atoms with E-state index in [2.05, 4.69) is 34.6 Å². The Kier molecular flexibility index (Phi) is 17.3. The van der Waals surface area contributed by atoms with E-state index in [1.807, 2.05) is 0 Å². The minimum absolute atomic E-state index is 0.833. The van der Waals surface area contributed by atoms with Crippen molar-refractivity contribution in [3.8, 4) is 0 Å². The molecule has 0 unspecified atom stereocenters. The first-order valence-corrected chi connectivity index (χ1v) is 6.15. The number of unbranched alkanes of at least 4 members (excludes halogenated alkanes) is 1. The van der Waals surface area contributed by atoms with E-state index in [-0.39, 0.29) is 0 Å². The van der Waals surface area contributed by atoms with Crippen molar-refractivity contribution < 1.29 is 0 Å². The minimum atomic E-state index is 0.833. The van der Waals surface area contributed by atoms with Crippen LogP contribution in [-0.4, -0.2) is 0 Å². The summed E-state index contributed by atoms with van der Waals surface area (Å²) in [7, 11) is 0. The molecule has 0 bridgehead atoms. The summed E-state index contributed by atoms with van der Waals surface area (Å²) in [5.74, 6) is 0.833. The van der Waals surface area contributed by atoms with Gasteiger partial charge in [-0.05, 0) is 5.92 Å². The fourth-order valence-electron chi connectivity index (χ4n) is 0.884. The Bertz CT molecular complexity index is 48.1. The van der Waals surface area contributed by atoms with Gasteiger partial charge in [-0.25, -0.2) is 0 Å². The molecule has 1 aliphatic rings. The SMILES string of the molecule is C1CCCC1.CC(C)C.CCCC. The summed E-state index contributed by atoms with van der Waals surface area (Å²) in [6, 6.07) is 0. The summed E-state index contributed by atoms with van der Waals surface area (Å²) in [5, 5.41) is 0. The molecule has 1 aliphatic carbocycles. The quantitative estimate of drug-likeness (QED) is 0.513. The Morgan fingerprint density at radius 3 is 0.923 bits per heavy atom. The highest BCUT2D eigenvalue weighted by atomic mass is 14.0. The normalized spacial score (nSPS) is 14.3. The summed E-state index contributed by atoms with van der Waals surface area (Å²) in [4.78, 5) is 0. The summed E-state index contributed by atoms with van der Waals surface area (Å²) in [6.07, 6.45) is 10.1. The lowest BCUT2D eigenvalue weighted by Crippen LogP contribution is -1.66. The third kappa shape index (κ3) is 33.3. The van der Waals surface area contributed by atoms with Crippen molar-refractivity contribution in [3.63, 3.8) is 0 Å². The third-order valence-electron chi connectivity index (χ3n) is 1.75. The van der Waals surface area contributed by atoms with Gasteiger partial charge in [0.2, 0.25) is 0 Å². The lowest BCUT2D eigenvalue weighted by Gasteiger charge is -1.79. The van der Waals surface area contributed by atoms with Crippen LogP contribution in [0.5, 0.6) is 0 Å². The van der Waals surface area contributed by atoms with Crippen LogP contribution < -0.4 is 0 Å². The highest BCUT2D eigenvalue weighted by Gasteiger charge is 1.95. The number of hydrogen-bond donors (Lipinski definition) is 0. The van der Waals surface area contributed by atoms with Crippen molar-refractivity contribution in [2.75, 3.05) is 0 Å². The zero-order chi connectivity index (χ0) is 10.5. The van der Waals surface area contributed by atoms with Gasteiger partial charge in [-0.3, -0.25) is 0 Å². The molecule has 0 aliphatic heterocycles. The van der Waals surface area contributed by atoms with Crippen molar-refractivity contribution in [2.45, 2.75) is 79.6 Å². The first-order valence-electron chi connectivity index (χ1n) is 6.15. The van der Waals surface area contributed by atoms with Crippen molar-refractivity contribution in [2.24, 2.45) is 5.92 Å². The predicted octanol–water partition coefficient (Wildman–Crippen LogP) is 5.42. The molecular formula is C13H30. The lowest BCUT2D eigenvalue weighted by molar-refractivity contribution is 0.737. The second-order valence-electron chi connectivity index (χ2n) is 4.50.